The normalized spacial score (nSPS) is 22.4. The van der Waals surface area contributed by atoms with E-state index in [-0.39, 0.29) is 5.41 Å². The van der Waals surface area contributed by atoms with E-state index in [1.54, 1.807) is 0 Å². The van der Waals surface area contributed by atoms with E-state index < -0.39 is 0 Å². The molecule has 0 nitrogen and oxygen atoms in total. The molecule has 0 bridgehead atoms. The molecular formula is C22H23BrS. The van der Waals surface area contributed by atoms with Gasteiger partial charge in [-0.1, -0.05) is 43.7 Å². The molecule has 1 aromatic carbocycles. The van der Waals surface area contributed by atoms with E-state index >= 15 is 0 Å². The fourth-order valence-corrected chi connectivity index (χ4v) is 6.60. The third kappa shape index (κ3) is 2.19. The highest BCUT2D eigenvalue weighted by molar-refractivity contribution is 9.10. The van der Waals surface area contributed by atoms with Crippen molar-refractivity contribution < 1.29 is 0 Å². The molecule has 1 heterocycles. The number of hydrogen-bond acceptors (Lipinski definition) is 1. The molecule has 1 atom stereocenters. The number of fused-ring (bicyclic) bond motifs is 2. The summed E-state index contributed by atoms with van der Waals surface area (Å²) in [4.78, 5) is 1.43. The SMILES string of the molecule is CC1=Cc2c(Br)c3c(cc2=C1C(C)(C)C1C=CC=C1)SC(C)C=3C. The van der Waals surface area contributed by atoms with Crippen LogP contribution in [0.15, 0.2) is 45.3 Å². The Kier molecular flexibility index (Phi) is 3.78. The van der Waals surface area contributed by atoms with Crippen LogP contribution in [-0.2, 0) is 0 Å². The van der Waals surface area contributed by atoms with Crippen LogP contribution in [0.1, 0.15) is 40.2 Å². The van der Waals surface area contributed by atoms with Crippen LogP contribution < -0.4 is 10.4 Å². The van der Waals surface area contributed by atoms with E-state index in [1.165, 1.54) is 42.1 Å². The maximum atomic E-state index is 3.94. The summed E-state index contributed by atoms with van der Waals surface area (Å²) in [6.07, 6.45) is 11.4. The first kappa shape index (κ1) is 16.5. The van der Waals surface area contributed by atoms with Crippen molar-refractivity contribution in [1.29, 1.82) is 0 Å². The number of rotatable bonds is 2. The van der Waals surface area contributed by atoms with Crippen LogP contribution in [0, 0.1) is 11.3 Å². The zero-order chi connectivity index (χ0) is 17.2. The molecule has 3 aliphatic rings. The maximum absolute atomic E-state index is 3.94. The van der Waals surface area contributed by atoms with E-state index in [2.05, 4.69) is 87.0 Å². The summed E-state index contributed by atoms with van der Waals surface area (Å²) in [6.45, 7) is 11.6. The van der Waals surface area contributed by atoms with E-state index in [0.29, 0.717) is 11.2 Å². The maximum Gasteiger partial charge on any atom is 0.0337 e. The molecule has 0 saturated heterocycles. The van der Waals surface area contributed by atoms with Crippen LogP contribution in [0.5, 0.6) is 0 Å². The predicted octanol–water partition coefficient (Wildman–Crippen LogP) is 5.45. The average molecular weight is 399 g/mol. The summed E-state index contributed by atoms with van der Waals surface area (Å²) in [5.41, 5.74) is 5.86. The molecule has 2 aliphatic carbocycles. The van der Waals surface area contributed by atoms with Crippen molar-refractivity contribution in [2.45, 2.75) is 44.8 Å². The van der Waals surface area contributed by atoms with Gasteiger partial charge in [-0.2, -0.15) is 0 Å². The quantitative estimate of drug-likeness (QED) is 0.637. The molecule has 0 radical (unpaired) electrons. The summed E-state index contributed by atoms with van der Waals surface area (Å²) < 4.78 is 1.28. The Hall–Kier alpha value is -0.990. The van der Waals surface area contributed by atoms with Crippen molar-refractivity contribution in [1.82, 2.24) is 0 Å². The van der Waals surface area contributed by atoms with Crippen molar-refractivity contribution in [3.05, 3.63) is 56.4 Å². The van der Waals surface area contributed by atoms with Crippen LogP contribution in [0.2, 0.25) is 0 Å². The fourth-order valence-electron chi connectivity index (χ4n) is 4.37. The van der Waals surface area contributed by atoms with Gasteiger partial charge in [-0.3, -0.25) is 0 Å². The topological polar surface area (TPSA) is 0 Å². The number of thioether (sulfide) groups is 1. The minimum atomic E-state index is 0.0939. The van der Waals surface area contributed by atoms with Gasteiger partial charge in [-0.05, 0) is 70.8 Å². The Bertz CT molecular complexity index is 945. The highest BCUT2D eigenvalue weighted by Crippen LogP contribution is 2.45. The summed E-state index contributed by atoms with van der Waals surface area (Å²) >= 11 is 5.93. The van der Waals surface area contributed by atoms with Gasteiger partial charge in [0.2, 0.25) is 0 Å². The zero-order valence-electron chi connectivity index (χ0n) is 14.9. The number of hydrogen-bond donors (Lipinski definition) is 0. The predicted molar refractivity (Wildman–Crippen MR) is 110 cm³/mol. The zero-order valence-corrected chi connectivity index (χ0v) is 17.3. The Balaban J connectivity index is 2.03. The summed E-state index contributed by atoms with van der Waals surface area (Å²) in [7, 11) is 0. The van der Waals surface area contributed by atoms with Crippen LogP contribution in [0.3, 0.4) is 0 Å². The number of halogens is 1. The van der Waals surface area contributed by atoms with Crippen molar-refractivity contribution in [2.75, 3.05) is 0 Å². The average Bonchev–Trinajstić information content (AvgIpc) is 3.19. The minimum absolute atomic E-state index is 0.0939. The van der Waals surface area contributed by atoms with E-state index in [1.807, 2.05) is 11.8 Å². The van der Waals surface area contributed by atoms with Crippen molar-refractivity contribution in [2.24, 2.45) is 11.3 Å². The lowest BCUT2D eigenvalue weighted by atomic mass is 9.71. The van der Waals surface area contributed by atoms with Gasteiger partial charge in [0.1, 0.15) is 0 Å². The number of allylic oxidation sites excluding steroid dienone is 5. The van der Waals surface area contributed by atoms with Gasteiger partial charge in [-0.25, -0.2) is 0 Å². The van der Waals surface area contributed by atoms with Crippen molar-refractivity contribution >= 4 is 44.9 Å². The molecule has 0 aromatic heterocycles. The third-order valence-corrected chi connectivity index (χ3v) is 7.93. The molecule has 1 unspecified atom stereocenters. The molecule has 4 rings (SSSR count). The molecule has 1 aliphatic heterocycles. The lowest BCUT2D eigenvalue weighted by Crippen LogP contribution is -2.28. The van der Waals surface area contributed by atoms with Gasteiger partial charge in [-0.15, -0.1) is 11.8 Å². The van der Waals surface area contributed by atoms with Crippen LogP contribution in [-0.4, -0.2) is 5.25 Å². The minimum Gasteiger partial charge on any atom is -0.118 e. The van der Waals surface area contributed by atoms with E-state index in [0.717, 1.165) is 0 Å². The van der Waals surface area contributed by atoms with Crippen LogP contribution in [0.25, 0.3) is 17.2 Å². The Morgan fingerprint density at radius 3 is 2.46 bits per heavy atom. The van der Waals surface area contributed by atoms with Gasteiger partial charge in [0.15, 0.2) is 0 Å². The van der Waals surface area contributed by atoms with Gasteiger partial charge in [0, 0.05) is 31.2 Å². The van der Waals surface area contributed by atoms with Gasteiger partial charge in [0.25, 0.3) is 0 Å². The summed E-state index contributed by atoms with van der Waals surface area (Å²) in [5, 5.41) is 3.42. The molecule has 0 N–H and O–H groups in total. The first-order valence-corrected chi connectivity index (χ1v) is 10.3. The van der Waals surface area contributed by atoms with Crippen LogP contribution >= 0.6 is 27.7 Å². The monoisotopic (exact) mass is 398 g/mol. The third-order valence-electron chi connectivity index (χ3n) is 5.83. The second-order valence-electron chi connectivity index (χ2n) is 7.69. The molecule has 0 saturated carbocycles. The van der Waals surface area contributed by atoms with E-state index in [9.17, 15) is 0 Å². The largest absolute Gasteiger partial charge is 0.118 e. The summed E-state index contributed by atoms with van der Waals surface area (Å²) in [6, 6.07) is 2.44. The molecular weight excluding hydrogens is 376 g/mol. The molecule has 2 heteroatoms. The Labute approximate surface area is 157 Å². The lowest BCUT2D eigenvalue weighted by molar-refractivity contribution is 0.421. The van der Waals surface area contributed by atoms with Crippen LogP contribution in [0.4, 0.5) is 0 Å². The smallest absolute Gasteiger partial charge is 0.0337 e. The van der Waals surface area contributed by atoms with Crippen molar-refractivity contribution in [3.63, 3.8) is 0 Å². The Morgan fingerprint density at radius 2 is 1.79 bits per heavy atom. The molecule has 24 heavy (non-hydrogen) atoms. The van der Waals surface area contributed by atoms with Gasteiger partial charge in [0.05, 0.1) is 0 Å². The molecule has 0 amide bonds. The summed E-state index contributed by atoms with van der Waals surface area (Å²) in [5.74, 6) is 0.466. The molecule has 1 aromatic rings. The highest BCUT2D eigenvalue weighted by Gasteiger charge is 2.35. The lowest BCUT2D eigenvalue weighted by Gasteiger charge is -2.32. The first-order valence-electron chi connectivity index (χ1n) is 8.60. The molecule has 0 fully saturated rings. The van der Waals surface area contributed by atoms with Gasteiger partial charge >= 0.3 is 0 Å². The first-order chi connectivity index (χ1) is 11.3. The van der Waals surface area contributed by atoms with Gasteiger partial charge < -0.3 is 0 Å². The second-order valence-corrected chi connectivity index (χ2v) is 9.86. The Morgan fingerprint density at radius 1 is 1.12 bits per heavy atom. The molecule has 124 valence electrons. The second kappa shape index (κ2) is 5.51. The van der Waals surface area contributed by atoms with Crippen molar-refractivity contribution in [3.8, 4) is 0 Å². The fraction of sp³-hybridized carbons (Fsp3) is 0.364. The number of benzene rings is 1. The van der Waals surface area contributed by atoms with E-state index in [4.69, 9.17) is 0 Å². The molecule has 0 spiro atoms. The standard InChI is InChI=1S/C22H23BrS/c1-12-10-17-16(20(12)22(4,5)15-8-6-7-9-15)11-18-19(21(17)23)13(2)14(3)24-18/h6-11,14-15H,1-5H3. The highest BCUT2D eigenvalue weighted by atomic mass is 79.9.